The molecule has 0 aromatic rings. The Labute approximate surface area is 110 Å². The maximum atomic E-state index is 11.9. The summed E-state index contributed by atoms with van der Waals surface area (Å²) in [5.41, 5.74) is 5.59. The van der Waals surface area contributed by atoms with Gasteiger partial charge in [-0.1, -0.05) is 20.8 Å². The predicted molar refractivity (Wildman–Crippen MR) is 71.3 cm³/mol. The fourth-order valence-corrected chi connectivity index (χ4v) is 1.69. The van der Waals surface area contributed by atoms with E-state index in [2.05, 4.69) is 26.1 Å². The van der Waals surface area contributed by atoms with Crippen molar-refractivity contribution in [2.24, 2.45) is 11.1 Å². The minimum Gasteiger partial charge on any atom is -0.381 e. The Bertz CT molecular complexity index is 245. The lowest BCUT2D eigenvalue weighted by Crippen LogP contribution is -2.57. The van der Waals surface area contributed by atoms with Gasteiger partial charge in [0, 0.05) is 19.8 Å². The van der Waals surface area contributed by atoms with Crippen LogP contribution in [0.2, 0.25) is 0 Å². The summed E-state index contributed by atoms with van der Waals surface area (Å²) in [6, 6.07) is 0. The fraction of sp³-hybridized carbons (Fsp3) is 0.917. The normalized spacial score (nSPS) is 19.3. The second kappa shape index (κ2) is 6.57. The number of nitrogens with one attached hydrogen (secondary N) is 1. The molecule has 5 heteroatoms. The van der Waals surface area contributed by atoms with Crippen LogP contribution in [0.5, 0.6) is 0 Å². The highest BCUT2D eigenvalue weighted by atomic mass is 35.5. The van der Waals surface area contributed by atoms with E-state index in [1.807, 2.05) is 0 Å². The third-order valence-corrected chi connectivity index (χ3v) is 3.00. The zero-order chi connectivity index (χ0) is 12.2. The van der Waals surface area contributed by atoms with Crippen LogP contribution in [0, 0.1) is 5.41 Å². The van der Waals surface area contributed by atoms with Gasteiger partial charge in [0.15, 0.2) is 0 Å². The van der Waals surface area contributed by atoms with Crippen molar-refractivity contribution in [1.82, 2.24) is 5.32 Å². The van der Waals surface area contributed by atoms with Crippen LogP contribution in [0.4, 0.5) is 0 Å². The van der Waals surface area contributed by atoms with E-state index in [4.69, 9.17) is 10.5 Å². The largest absolute Gasteiger partial charge is 0.381 e. The zero-order valence-corrected chi connectivity index (χ0v) is 11.9. The van der Waals surface area contributed by atoms with Gasteiger partial charge >= 0.3 is 0 Å². The third kappa shape index (κ3) is 5.70. The number of rotatable bonds is 3. The molecule has 17 heavy (non-hydrogen) atoms. The summed E-state index contributed by atoms with van der Waals surface area (Å²) >= 11 is 0. The monoisotopic (exact) mass is 264 g/mol. The fourth-order valence-electron chi connectivity index (χ4n) is 1.69. The van der Waals surface area contributed by atoms with Gasteiger partial charge in [-0.2, -0.15) is 0 Å². The number of nitrogens with two attached hydrogens (primary N) is 1. The van der Waals surface area contributed by atoms with Crippen LogP contribution in [-0.2, 0) is 9.53 Å². The van der Waals surface area contributed by atoms with Crippen LogP contribution in [0.25, 0.3) is 0 Å². The summed E-state index contributed by atoms with van der Waals surface area (Å²) in [6.45, 7) is 8.35. The standard InChI is InChI=1S/C12H24N2O2.ClH/c1-11(2,3)4-7-14-10(15)12(13)5-8-16-9-6-12;/h4-9,13H2,1-3H3,(H,14,15);1H. The van der Waals surface area contributed by atoms with Crippen molar-refractivity contribution in [3.63, 3.8) is 0 Å². The van der Waals surface area contributed by atoms with Crippen LogP contribution in [0.1, 0.15) is 40.0 Å². The highest BCUT2D eigenvalue weighted by molar-refractivity contribution is 5.86. The number of hydrogen-bond donors (Lipinski definition) is 2. The molecule has 0 aliphatic carbocycles. The molecule has 0 aromatic carbocycles. The summed E-state index contributed by atoms with van der Waals surface area (Å²) in [7, 11) is 0. The van der Waals surface area contributed by atoms with E-state index in [1.54, 1.807) is 0 Å². The summed E-state index contributed by atoms with van der Waals surface area (Å²) < 4.78 is 5.21. The first-order valence-electron chi connectivity index (χ1n) is 5.98. The highest BCUT2D eigenvalue weighted by Gasteiger charge is 2.35. The van der Waals surface area contributed by atoms with Crippen LogP contribution in [0.15, 0.2) is 0 Å². The lowest BCUT2D eigenvalue weighted by molar-refractivity contribution is -0.129. The van der Waals surface area contributed by atoms with Gasteiger partial charge in [-0.25, -0.2) is 0 Å². The molecule has 0 saturated carbocycles. The molecule has 1 rings (SSSR count). The van der Waals surface area contributed by atoms with Gasteiger partial charge in [-0.05, 0) is 24.7 Å². The number of halogens is 1. The highest BCUT2D eigenvalue weighted by Crippen LogP contribution is 2.19. The lowest BCUT2D eigenvalue weighted by Gasteiger charge is -2.32. The average Bonchev–Trinajstić information content (AvgIpc) is 2.16. The molecule has 0 radical (unpaired) electrons. The second-order valence-electron chi connectivity index (χ2n) is 5.84. The van der Waals surface area contributed by atoms with Crippen molar-refractivity contribution in [1.29, 1.82) is 0 Å². The summed E-state index contributed by atoms with van der Waals surface area (Å²) in [4.78, 5) is 11.9. The number of amides is 1. The van der Waals surface area contributed by atoms with E-state index in [0.717, 1.165) is 6.42 Å². The van der Waals surface area contributed by atoms with Gasteiger partial charge in [0.05, 0.1) is 5.54 Å². The van der Waals surface area contributed by atoms with Gasteiger partial charge < -0.3 is 15.8 Å². The molecule has 1 heterocycles. The molecule has 0 bridgehead atoms. The Morgan fingerprint density at radius 1 is 1.35 bits per heavy atom. The van der Waals surface area contributed by atoms with Crippen molar-refractivity contribution in [2.45, 2.75) is 45.6 Å². The first-order valence-corrected chi connectivity index (χ1v) is 5.98. The van der Waals surface area contributed by atoms with E-state index in [0.29, 0.717) is 32.6 Å². The number of ether oxygens (including phenoxy) is 1. The Morgan fingerprint density at radius 2 is 1.88 bits per heavy atom. The molecular weight excluding hydrogens is 240 g/mol. The molecule has 1 amide bonds. The smallest absolute Gasteiger partial charge is 0.240 e. The molecule has 1 saturated heterocycles. The van der Waals surface area contributed by atoms with Gasteiger partial charge in [-0.3, -0.25) is 4.79 Å². The summed E-state index contributed by atoms with van der Waals surface area (Å²) in [5, 5.41) is 2.93. The van der Waals surface area contributed by atoms with Gasteiger partial charge in [0.2, 0.25) is 5.91 Å². The van der Waals surface area contributed by atoms with E-state index < -0.39 is 5.54 Å². The molecular formula is C12H25ClN2O2. The van der Waals surface area contributed by atoms with Crippen molar-refractivity contribution >= 4 is 18.3 Å². The molecule has 3 N–H and O–H groups in total. The Hall–Kier alpha value is -0.320. The van der Waals surface area contributed by atoms with Crippen LogP contribution in [-0.4, -0.2) is 31.2 Å². The molecule has 1 aliphatic heterocycles. The van der Waals surface area contributed by atoms with Crippen LogP contribution in [0.3, 0.4) is 0 Å². The van der Waals surface area contributed by atoms with Gasteiger partial charge in [-0.15, -0.1) is 12.4 Å². The molecule has 0 atom stereocenters. The van der Waals surface area contributed by atoms with Gasteiger partial charge in [0.25, 0.3) is 0 Å². The quantitative estimate of drug-likeness (QED) is 0.811. The topological polar surface area (TPSA) is 64.4 Å². The van der Waals surface area contributed by atoms with Crippen molar-refractivity contribution in [2.75, 3.05) is 19.8 Å². The summed E-state index contributed by atoms with van der Waals surface area (Å²) in [6.07, 6.45) is 2.20. The molecule has 0 spiro atoms. The molecule has 102 valence electrons. The Balaban J connectivity index is 0.00000256. The van der Waals surface area contributed by atoms with Crippen LogP contribution < -0.4 is 11.1 Å². The maximum absolute atomic E-state index is 11.9. The molecule has 1 fully saturated rings. The average molecular weight is 265 g/mol. The first kappa shape index (κ1) is 16.7. The van der Waals surface area contributed by atoms with E-state index >= 15 is 0 Å². The SMILES string of the molecule is CC(C)(C)CCNC(=O)C1(N)CCOCC1.Cl. The van der Waals surface area contributed by atoms with Crippen molar-refractivity contribution in [3.8, 4) is 0 Å². The third-order valence-electron chi connectivity index (χ3n) is 3.00. The summed E-state index contributed by atoms with van der Waals surface area (Å²) in [5.74, 6) is -0.0277. The van der Waals surface area contributed by atoms with E-state index in [-0.39, 0.29) is 23.7 Å². The Kier molecular flexibility index (Phi) is 6.45. The number of carbonyl (C=O) groups is 1. The predicted octanol–water partition coefficient (Wildman–Crippen LogP) is 1.47. The van der Waals surface area contributed by atoms with E-state index in [9.17, 15) is 4.79 Å². The minimum atomic E-state index is -0.712. The van der Waals surface area contributed by atoms with E-state index in [1.165, 1.54) is 0 Å². The van der Waals surface area contributed by atoms with Gasteiger partial charge in [0.1, 0.15) is 0 Å². The minimum absolute atomic E-state index is 0. The Morgan fingerprint density at radius 3 is 2.35 bits per heavy atom. The number of hydrogen-bond acceptors (Lipinski definition) is 3. The van der Waals surface area contributed by atoms with Crippen molar-refractivity contribution < 1.29 is 9.53 Å². The second-order valence-corrected chi connectivity index (χ2v) is 5.84. The molecule has 0 unspecified atom stereocenters. The van der Waals surface area contributed by atoms with Crippen molar-refractivity contribution in [3.05, 3.63) is 0 Å². The lowest BCUT2D eigenvalue weighted by atomic mass is 9.89. The zero-order valence-electron chi connectivity index (χ0n) is 11.0. The molecule has 1 aliphatic rings. The molecule has 4 nitrogen and oxygen atoms in total. The first-order chi connectivity index (χ1) is 7.33. The number of carbonyl (C=O) groups excluding carboxylic acids is 1. The van der Waals surface area contributed by atoms with Crippen LogP contribution >= 0.6 is 12.4 Å². The maximum Gasteiger partial charge on any atom is 0.240 e. The molecule has 0 aromatic heterocycles.